The molecule has 1 aliphatic rings. The summed E-state index contributed by atoms with van der Waals surface area (Å²) in [5.74, 6) is 0. The first-order chi connectivity index (χ1) is 9.63. The summed E-state index contributed by atoms with van der Waals surface area (Å²) in [5, 5.41) is 0. The molecule has 0 aromatic heterocycles. The quantitative estimate of drug-likeness (QED) is 0.687. The second-order valence-electron chi connectivity index (χ2n) is 6.77. The lowest BCUT2D eigenvalue weighted by atomic mass is 9.83. The van der Waals surface area contributed by atoms with E-state index in [1.54, 1.807) is 11.1 Å². The van der Waals surface area contributed by atoms with E-state index < -0.39 is 0 Å². The van der Waals surface area contributed by atoms with Crippen molar-refractivity contribution in [1.82, 2.24) is 0 Å². The van der Waals surface area contributed by atoms with E-state index in [1.807, 2.05) is 0 Å². The average molecular weight is 273 g/mol. The standard InChI is InChI=1S/C19H31N/c1-3-4-5-6-9-14-19(2,20)18-13-12-16-10-7-8-11-17(16)15-18/h12-13,15H,3-11,14,20H2,1-2H3. The van der Waals surface area contributed by atoms with E-state index in [4.69, 9.17) is 5.73 Å². The topological polar surface area (TPSA) is 26.0 Å². The minimum Gasteiger partial charge on any atom is -0.322 e. The number of hydrogen-bond acceptors (Lipinski definition) is 1. The van der Waals surface area contributed by atoms with Crippen molar-refractivity contribution in [3.05, 3.63) is 34.9 Å². The lowest BCUT2D eigenvalue weighted by molar-refractivity contribution is 0.421. The second kappa shape index (κ2) is 7.26. The molecule has 20 heavy (non-hydrogen) atoms. The predicted molar refractivity (Wildman–Crippen MR) is 88.0 cm³/mol. The Bertz CT molecular complexity index is 420. The van der Waals surface area contributed by atoms with Crippen LogP contribution in [-0.4, -0.2) is 0 Å². The normalized spacial score (nSPS) is 17.6. The fraction of sp³-hybridized carbons (Fsp3) is 0.684. The highest BCUT2D eigenvalue weighted by molar-refractivity contribution is 5.36. The van der Waals surface area contributed by atoms with E-state index in [2.05, 4.69) is 32.0 Å². The fourth-order valence-corrected chi connectivity index (χ4v) is 3.33. The van der Waals surface area contributed by atoms with Gasteiger partial charge in [0.25, 0.3) is 0 Å². The molecule has 0 heterocycles. The van der Waals surface area contributed by atoms with E-state index in [0.717, 1.165) is 6.42 Å². The summed E-state index contributed by atoms with van der Waals surface area (Å²) in [7, 11) is 0. The molecule has 0 fully saturated rings. The van der Waals surface area contributed by atoms with Gasteiger partial charge in [-0.1, -0.05) is 57.2 Å². The highest BCUT2D eigenvalue weighted by Crippen LogP contribution is 2.29. The third kappa shape index (κ3) is 4.09. The maximum atomic E-state index is 6.59. The Kier molecular flexibility index (Phi) is 5.65. The molecular weight excluding hydrogens is 242 g/mol. The van der Waals surface area contributed by atoms with Gasteiger partial charge in [0, 0.05) is 5.54 Å². The molecule has 1 aromatic rings. The average Bonchev–Trinajstić information content (AvgIpc) is 2.46. The third-order valence-electron chi connectivity index (χ3n) is 4.81. The molecule has 0 aliphatic heterocycles. The first-order valence-corrected chi connectivity index (χ1v) is 8.54. The SMILES string of the molecule is CCCCCCCC(C)(N)c1ccc2c(c1)CCCC2. The Balaban J connectivity index is 1.94. The van der Waals surface area contributed by atoms with Gasteiger partial charge < -0.3 is 5.73 Å². The van der Waals surface area contributed by atoms with Crippen molar-refractivity contribution >= 4 is 0 Å². The first-order valence-electron chi connectivity index (χ1n) is 8.54. The highest BCUT2D eigenvalue weighted by Gasteiger charge is 2.22. The van der Waals surface area contributed by atoms with Gasteiger partial charge in [-0.25, -0.2) is 0 Å². The summed E-state index contributed by atoms with van der Waals surface area (Å²) in [6.45, 7) is 4.47. The zero-order valence-corrected chi connectivity index (χ0v) is 13.4. The molecule has 1 aliphatic carbocycles. The number of benzene rings is 1. The van der Waals surface area contributed by atoms with E-state index in [9.17, 15) is 0 Å². The van der Waals surface area contributed by atoms with Crippen LogP contribution in [0.3, 0.4) is 0 Å². The molecular formula is C19H31N. The molecule has 1 nitrogen and oxygen atoms in total. The van der Waals surface area contributed by atoms with Gasteiger partial charge in [-0.2, -0.15) is 0 Å². The smallest absolute Gasteiger partial charge is 0.0381 e. The summed E-state index contributed by atoms with van der Waals surface area (Å²) in [6, 6.07) is 6.99. The van der Waals surface area contributed by atoms with Gasteiger partial charge in [0.05, 0.1) is 0 Å². The van der Waals surface area contributed by atoms with Crippen LogP contribution in [0.4, 0.5) is 0 Å². The molecule has 1 heteroatoms. The molecule has 0 bridgehead atoms. The molecule has 0 saturated heterocycles. The van der Waals surface area contributed by atoms with Gasteiger partial charge in [0.2, 0.25) is 0 Å². The molecule has 0 radical (unpaired) electrons. The first kappa shape index (κ1) is 15.6. The Morgan fingerprint density at radius 3 is 2.45 bits per heavy atom. The van der Waals surface area contributed by atoms with Crippen molar-refractivity contribution in [2.45, 2.75) is 83.6 Å². The van der Waals surface area contributed by atoms with Crippen LogP contribution in [-0.2, 0) is 18.4 Å². The Morgan fingerprint density at radius 1 is 1.00 bits per heavy atom. The molecule has 2 rings (SSSR count). The largest absolute Gasteiger partial charge is 0.322 e. The molecule has 0 saturated carbocycles. The van der Waals surface area contributed by atoms with E-state index in [-0.39, 0.29) is 5.54 Å². The van der Waals surface area contributed by atoms with E-state index in [1.165, 1.54) is 63.4 Å². The minimum atomic E-state index is -0.154. The van der Waals surface area contributed by atoms with Gasteiger partial charge in [-0.05, 0) is 55.7 Å². The van der Waals surface area contributed by atoms with Crippen LogP contribution in [0.1, 0.15) is 81.9 Å². The maximum Gasteiger partial charge on any atom is 0.0381 e. The maximum absolute atomic E-state index is 6.59. The molecule has 1 aromatic carbocycles. The van der Waals surface area contributed by atoms with Crippen LogP contribution in [0.25, 0.3) is 0 Å². The Morgan fingerprint density at radius 2 is 1.70 bits per heavy atom. The van der Waals surface area contributed by atoms with Gasteiger partial charge in [-0.3, -0.25) is 0 Å². The summed E-state index contributed by atoms with van der Waals surface area (Å²) < 4.78 is 0. The van der Waals surface area contributed by atoms with Crippen LogP contribution in [0.5, 0.6) is 0 Å². The van der Waals surface area contributed by atoms with Crippen LogP contribution in [0.15, 0.2) is 18.2 Å². The van der Waals surface area contributed by atoms with E-state index >= 15 is 0 Å². The van der Waals surface area contributed by atoms with Crippen molar-refractivity contribution in [2.75, 3.05) is 0 Å². The van der Waals surface area contributed by atoms with E-state index in [0.29, 0.717) is 0 Å². The van der Waals surface area contributed by atoms with Crippen LogP contribution >= 0.6 is 0 Å². The fourth-order valence-electron chi connectivity index (χ4n) is 3.33. The monoisotopic (exact) mass is 273 g/mol. The summed E-state index contributed by atoms with van der Waals surface area (Å²) in [4.78, 5) is 0. The zero-order valence-electron chi connectivity index (χ0n) is 13.4. The lowest BCUT2D eigenvalue weighted by Gasteiger charge is -2.27. The molecule has 1 atom stereocenters. The Hall–Kier alpha value is -0.820. The van der Waals surface area contributed by atoms with Crippen molar-refractivity contribution in [1.29, 1.82) is 0 Å². The summed E-state index contributed by atoms with van der Waals surface area (Å²) in [6.07, 6.45) is 12.9. The van der Waals surface area contributed by atoms with Crippen molar-refractivity contribution in [3.8, 4) is 0 Å². The number of unbranched alkanes of at least 4 members (excludes halogenated alkanes) is 4. The number of hydrogen-bond donors (Lipinski definition) is 1. The molecule has 1 unspecified atom stereocenters. The molecule has 2 N–H and O–H groups in total. The minimum absolute atomic E-state index is 0.154. The second-order valence-corrected chi connectivity index (χ2v) is 6.77. The van der Waals surface area contributed by atoms with Crippen molar-refractivity contribution < 1.29 is 0 Å². The summed E-state index contributed by atoms with van der Waals surface area (Å²) in [5.41, 5.74) is 10.9. The van der Waals surface area contributed by atoms with Crippen LogP contribution in [0.2, 0.25) is 0 Å². The number of nitrogens with two attached hydrogens (primary N) is 1. The predicted octanol–water partition coefficient (Wildman–Crippen LogP) is 5.10. The van der Waals surface area contributed by atoms with Gasteiger partial charge in [0.1, 0.15) is 0 Å². The number of fused-ring (bicyclic) bond motifs is 1. The lowest BCUT2D eigenvalue weighted by Crippen LogP contribution is -2.33. The third-order valence-corrected chi connectivity index (χ3v) is 4.81. The van der Waals surface area contributed by atoms with Crippen LogP contribution < -0.4 is 5.73 Å². The molecule has 0 spiro atoms. The number of rotatable bonds is 7. The zero-order chi connectivity index (χ0) is 14.4. The van der Waals surface area contributed by atoms with Gasteiger partial charge >= 0.3 is 0 Å². The van der Waals surface area contributed by atoms with Gasteiger partial charge in [0.15, 0.2) is 0 Å². The molecule has 112 valence electrons. The van der Waals surface area contributed by atoms with Gasteiger partial charge in [-0.15, -0.1) is 0 Å². The van der Waals surface area contributed by atoms with Crippen molar-refractivity contribution in [3.63, 3.8) is 0 Å². The van der Waals surface area contributed by atoms with Crippen LogP contribution in [0, 0.1) is 0 Å². The number of aryl methyl sites for hydroxylation is 2. The molecule has 0 amide bonds. The van der Waals surface area contributed by atoms with Crippen molar-refractivity contribution in [2.24, 2.45) is 5.73 Å². The highest BCUT2D eigenvalue weighted by atomic mass is 14.7. The summed E-state index contributed by atoms with van der Waals surface area (Å²) >= 11 is 0. The Labute approximate surface area is 125 Å².